The highest BCUT2D eigenvalue weighted by Crippen LogP contribution is 2.21. The second-order valence-corrected chi connectivity index (χ2v) is 5.49. The Labute approximate surface area is 121 Å². The largest absolute Gasteiger partial charge is 0.462 e. The minimum Gasteiger partial charge on any atom is -0.462 e. The molecule has 0 aliphatic rings. The molecule has 5 nitrogen and oxygen atoms in total. The van der Waals surface area contributed by atoms with Gasteiger partial charge in [-0.15, -0.1) is 0 Å². The normalized spacial score (nSPS) is 10.9. The van der Waals surface area contributed by atoms with E-state index in [4.69, 9.17) is 10.5 Å². The molecule has 1 aromatic rings. The number of nitrogens with two attached hydrogens (primary N) is 1. The monoisotopic (exact) mass is 279 g/mol. The molecule has 112 valence electrons. The van der Waals surface area contributed by atoms with Gasteiger partial charge in [0.05, 0.1) is 24.1 Å². The summed E-state index contributed by atoms with van der Waals surface area (Å²) in [5.41, 5.74) is 6.54. The van der Waals surface area contributed by atoms with Crippen molar-refractivity contribution < 1.29 is 9.53 Å². The average molecular weight is 279 g/mol. The molecule has 5 heteroatoms. The highest BCUT2D eigenvalue weighted by atomic mass is 16.5. The molecule has 1 heterocycles. The summed E-state index contributed by atoms with van der Waals surface area (Å²) in [5.74, 6) is 0.857. The fraction of sp³-hybridized carbons (Fsp3) is 0.600. The minimum atomic E-state index is -0.401. The molecular weight excluding hydrogens is 254 g/mol. The van der Waals surface area contributed by atoms with Crippen LogP contribution in [0.3, 0.4) is 0 Å². The number of aromatic nitrogens is 1. The molecule has 0 amide bonds. The smallest absolute Gasteiger partial charge is 0.340 e. The lowest BCUT2D eigenvalue weighted by Gasteiger charge is -2.30. The quantitative estimate of drug-likeness (QED) is 0.811. The molecule has 0 aliphatic heterocycles. The summed E-state index contributed by atoms with van der Waals surface area (Å²) in [6, 6.07) is 2.01. The number of carbonyl (C=O) groups excluding carboxylic acids is 1. The number of ether oxygens (including phenoxy) is 1. The van der Waals surface area contributed by atoms with Crippen LogP contribution in [0.4, 0.5) is 11.5 Å². The second-order valence-electron chi connectivity index (χ2n) is 5.49. The highest BCUT2D eigenvalue weighted by Gasteiger charge is 2.18. The first-order chi connectivity index (χ1) is 9.36. The Bertz CT molecular complexity index is 458. The van der Waals surface area contributed by atoms with Gasteiger partial charge in [0.25, 0.3) is 0 Å². The molecule has 0 saturated carbocycles. The van der Waals surface area contributed by atoms with E-state index < -0.39 is 5.97 Å². The summed E-state index contributed by atoms with van der Waals surface area (Å²) in [7, 11) is 0. The molecule has 0 fully saturated rings. The van der Waals surface area contributed by atoms with Crippen LogP contribution in [0.2, 0.25) is 0 Å². The van der Waals surface area contributed by atoms with Crippen molar-refractivity contribution in [1.29, 1.82) is 0 Å². The lowest BCUT2D eigenvalue weighted by atomic mass is 10.1. The van der Waals surface area contributed by atoms with E-state index in [2.05, 4.69) is 37.6 Å². The lowest BCUT2D eigenvalue weighted by molar-refractivity contribution is 0.0527. The molecule has 0 unspecified atom stereocenters. The number of nitrogen functional groups attached to an aromatic ring is 1. The van der Waals surface area contributed by atoms with Crippen LogP contribution in [0.1, 0.15) is 45.0 Å². The van der Waals surface area contributed by atoms with Crippen molar-refractivity contribution in [2.24, 2.45) is 5.92 Å². The Kier molecular flexibility index (Phi) is 5.80. The number of carbonyl (C=O) groups is 1. The molecule has 2 N–H and O–H groups in total. The summed E-state index contributed by atoms with van der Waals surface area (Å²) in [5, 5.41) is 0. The van der Waals surface area contributed by atoms with Gasteiger partial charge in [0.1, 0.15) is 5.82 Å². The first-order valence-electron chi connectivity index (χ1n) is 7.06. The van der Waals surface area contributed by atoms with Crippen LogP contribution in [0.5, 0.6) is 0 Å². The summed E-state index contributed by atoms with van der Waals surface area (Å²) >= 11 is 0. The van der Waals surface area contributed by atoms with E-state index in [1.807, 2.05) is 0 Å². The number of nitrogens with zero attached hydrogens (tertiary/aromatic N) is 2. The van der Waals surface area contributed by atoms with Crippen molar-refractivity contribution >= 4 is 17.5 Å². The Balaban J connectivity index is 3.11. The van der Waals surface area contributed by atoms with E-state index in [0.29, 0.717) is 29.8 Å². The second kappa shape index (κ2) is 7.12. The SMILES string of the molecule is CCOC(=O)c1cc(N(CC(C)C)C(C)C)ncc1N. The van der Waals surface area contributed by atoms with Gasteiger partial charge >= 0.3 is 5.97 Å². The van der Waals surface area contributed by atoms with Crippen LogP contribution in [0.15, 0.2) is 12.3 Å². The molecule has 0 aliphatic carbocycles. The third-order valence-corrected chi connectivity index (χ3v) is 2.90. The molecule has 0 bridgehead atoms. The standard InChI is InChI=1S/C15H25N3O2/c1-6-20-15(19)12-7-14(17-8-13(12)16)18(11(4)5)9-10(2)3/h7-8,10-11H,6,9,16H2,1-5H3. The fourth-order valence-corrected chi connectivity index (χ4v) is 1.96. The number of pyridine rings is 1. The molecular formula is C15H25N3O2. The first-order valence-corrected chi connectivity index (χ1v) is 7.06. The number of rotatable bonds is 6. The van der Waals surface area contributed by atoms with E-state index in [0.717, 1.165) is 12.4 Å². The zero-order valence-electron chi connectivity index (χ0n) is 13.0. The molecule has 0 atom stereocenters. The zero-order valence-corrected chi connectivity index (χ0v) is 13.0. The Hall–Kier alpha value is -1.78. The summed E-state index contributed by atoms with van der Waals surface area (Å²) in [4.78, 5) is 18.4. The zero-order chi connectivity index (χ0) is 15.3. The predicted molar refractivity (Wildman–Crippen MR) is 81.9 cm³/mol. The number of esters is 1. The van der Waals surface area contributed by atoms with Gasteiger partial charge in [0.2, 0.25) is 0 Å². The van der Waals surface area contributed by atoms with E-state index in [-0.39, 0.29) is 0 Å². The van der Waals surface area contributed by atoms with E-state index in [1.165, 1.54) is 6.20 Å². The third-order valence-electron chi connectivity index (χ3n) is 2.90. The van der Waals surface area contributed by atoms with Gasteiger partial charge in [-0.25, -0.2) is 9.78 Å². The van der Waals surface area contributed by atoms with Crippen molar-refractivity contribution in [2.75, 3.05) is 23.8 Å². The Morgan fingerprint density at radius 3 is 2.55 bits per heavy atom. The summed E-state index contributed by atoms with van der Waals surface area (Å²) < 4.78 is 5.02. The van der Waals surface area contributed by atoms with Gasteiger partial charge in [-0.3, -0.25) is 0 Å². The van der Waals surface area contributed by atoms with Gasteiger partial charge in [-0.2, -0.15) is 0 Å². The molecule has 0 radical (unpaired) electrons. The highest BCUT2D eigenvalue weighted by molar-refractivity contribution is 5.95. The summed E-state index contributed by atoms with van der Waals surface area (Å²) in [6.45, 7) is 11.5. The van der Waals surface area contributed by atoms with Crippen LogP contribution in [-0.4, -0.2) is 30.1 Å². The van der Waals surface area contributed by atoms with Gasteiger partial charge in [0, 0.05) is 12.6 Å². The van der Waals surface area contributed by atoms with Crippen molar-refractivity contribution in [2.45, 2.75) is 40.7 Å². The fourth-order valence-electron chi connectivity index (χ4n) is 1.96. The van der Waals surface area contributed by atoms with E-state index in [1.54, 1.807) is 13.0 Å². The van der Waals surface area contributed by atoms with Gasteiger partial charge < -0.3 is 15.4 Å². The van der Waals surface area contributed by atoms with Crippen LogP contribution < -0.4 is 10.6 Å². The Morgan fingerprint density at radius 2 is 2.05 bits per heavy atom. The van der Waals surface area contributed by atoms with Gasteiger partial charge in [-0.1, -0.05) is 13.8 Å². The molecule has 0 spiro atoms. The van der Waals surface area contributed by atoms with Gasteiger partial charge in [0.15, 0.2) is 0 Å². The van der Waals surface area contributed by atoms with Crippen molar-refractivity contribution in [3.63, 3.8) is 0 Å². The maximum Gasteiger partial charge on any atom is 0.340 e. The number of hydrogen-bond donors (Lipinski definition) is 1. The van der Waals surface area contributed by atoms with Crippen molar-refractivity contribution in [1.82, 2.24) is 4.98 Å². The number of anilines is 2. The maximum atomic E-state index is 11.9. The van der Waals surface area contributed by atoms with Crippen LogP contribution >= 0.6 is 0 Å². The van der Waals surface area contributed by atoms with Crippen molar-refractivity contribution in [3.8, 4) is 0 Å². The minimum absolute atomic E-state index is 0.295. The maximum absolute atomic E-state index is 11.9. The third kappa shape index (κ3) is 4.11. The molecule has 0 saturated heterocycles. The number of hydrogen-bond acceptors (Lipinski definition) is 5. The van der Waals surface area contributed by atoms with Crippen LogP contribution in [0.25, 0.3) is 0 Å². The topological polar surface area (TPSA) is 68.5 Å². The van der Waals surface area contributed by atoms with E-state index in [9.17, 15) is 4.79 Å². The first kappa shape index (κ1) is 16.3. The van der Waals surface area contributed by atoms with Crippen molar-refractivity contribution in [3.05, 3.63) is 17.8 Å². The van der Waals surface area contributed by atoms with E-state index >= 15 is 0 Å². The molecule has 20 heavy (non-hydrogen) atoms. The molecule has 1 rings (SSSR count). The summed E-state index contributed by atoms with van der Waals surface area (Å²) in [6.07, 6.45) is 1.53. The van der Waals surface area contributed by atoms with Gasteiger partial charge in [-0.05, 0) is 32.8 Å². The predicted octanol–water partition coefficient (Wildman–Crippen LogP) is 2.71. The molecule has 1 aromatic heterocycles. The molecule has 0 aromatic carbocycles. The lowest BCUT2D eigenvalue weighted by Crippen LogP contribution is -2.35. The van der Waals surface area contributed by atoms with Crippen LogP contribution in [-0.2, 0) is 4.74 Å². The average Bonchev–Trinajstić information content (AvgIpc) is 2.36. The Morgan fingerprint density at radius 1 is 1.40 bits per heavy atom. The van der Waals surface area contributed by atoms with Crippen LogP contribution in [0, 0.1) is 5.92 Å².